The molecular weight excluding hydrogens is 398 g/mol. The van der Waals surface area contributed by atoms with Crippen molar-refractivity contribution in [2.24, 2.45) is 0 Å². The van der Waals surface area contributed by atoms with E-state index < -0.39 is 10.0 Å². The van der Waals surface area contributed by atoms with Crippen LogP contribution in [-0.4, -0.2) is 49.9 Å². The number of carbonyl (C=O) groups excluding carboxylic acids is 1. The second kappa shape index (κ2) is 7.90. The molecule has 3 rings (SSSR count). The van der Waals surface area contributed by atoms with E-state index in [2.05, 4.69) is 10.3 Å². The summed E-state index contributed by atoms with van der Waals surface area (Å²) in [7, 11) is -3.62. The van der Waals surface area contributed by atoms with Crippen molar-refractivity contribution in [1.82, 2.24) is 9.29 Å². The van der Waals surface area contributed by atoms with E-state index in [1.54, 1.807) is 18.3 Å². The summed E-state index contributed by atoms with van der Waals surface area (Å²) >= 11 is 1.34. The van der Waals surface area contributed by atoms with E-state index in [0.29, 0.717) is 36.9 Å². The van der Waals surface area contributed by atoms with Gasteiger partial charge in [0.2, 0.25) is 10.0 Å². The fourth-order valence-corrected chi connectivity index (χ4v) is 5.05. The van der Waals surface area contributed by atoms with Crippen LogP contribution in [0.2, 0.25) is 0 Å². The number of benzene rings is 1. The molecule has 9 heteroatoms. The molecule has 1 saturated heterocycles. The minimum absolute atomic E-state index is 0.134. The molecule has 0 atom stereocenters. The summed E-state index contributed by atoms with van der Waals surface area (Å²) in [6, 6.07) is 4.79. The van der Waals surface area contributed by atoms with Crippen molar-refractivity contribution >= 4 is 33.0 Å². The van der Waals surface area contributed by atoms with Crippen molar-refractivity contribution < 1.29 is 17.9 Å². The largest absolute Gasteiger partial charge is 0.379 e. The lowest BCUT2D eigenvalue weighted by molar-refractivity contribution is 0.0730. The van der Waals surface area contributed by atoms with Crippen LogP contribution < -0.4 is 5.32 Å². The predicted molar refractivity (Wildman–Crippen MR) is 110 cm³/mol. The fourth-order valence-electron chi connectivity index (χ4n) is 2.74. The van der Waals surface area contributed by atoms with Crippen LogP contribution in [-0.2, 0) is 20.2 Å². The van der Waals surface area contributed by atoms with Gasteiger partial charge in [-0.3, -0.25) is 4.79 Å². The van der Waals surface area contributed by atoms with Crippen LogP contribution in [0, 0.1) is 6.92 Å². The molecule has 0 bridgehead atoms. The molecule has 1 aromatic carbocycles. The zero-order chi connectivity index (χ0) is 20.5. The van der Waals surface area contributed by atoms with Crippen LogP contribution in [0.15, 0.2) is 29.3 Å². The molecule has 152 valence electrons. The zero-order valence-corrected chi connectivity index (χ0v) is 18.1. The number of morpholine rings is 1. The summed E-state index contributed by atoms with van der Waals surface area (Å²) in [5, 5.41) is 3.70. The number of carbonyl (C=O) groups is 1. The minimum atomic E-state index is -3.62. The van der Waals surface area contributed by atoms with Gasteiger partial charge in [0.05, 0.1) is 29.3 Å². The van der Waals surface area contributed by atoms with E-state index in [1.807, 2.05) is 27.7 Å². The third-order valence-electron chi connectivity index (χ3n) is 4.44. The molecule has 0 saturated carbocycles. The first-order valence-corrected chi connectivity index (χ1v) is 11.3. The lowest BCUT2D eigenvalue weighted by Crippen LogP contribution is -2.40. The average molecular weight is 424 g/mol. The van der Waals surface area contributed by atoms with Crippen molar-refractivity contribution in [1.29, 1.82) is 0 Å². The Kier molecular flexibility index (Phi) is 5.90. The van der Waals surface area contributed by atoms with Gasteiger partial charge in [0.1, 0.15) is 4.88 Å². The maximum Gasteiger partial charge on any atom is 0.267 e. The number of thiazole rings is 1. The van der Waals surface area contributed by atoms with E-state index in [1.165, 1.54) is 21.7 Å². The molecule has 0 unspecified atom stereocenters. The van der Waals surface area contributed by atoms with Crippen LogP contribution in [0.4, 0.5) is 5.69 Å². The van der Waals surface area contributed by atoms with Gasteiger partial charge >= 0.3 is 0 Å². The first kappa shape index (κ1) is 20.9. The summed E-state index contributed by atoms with van der Waals surface area (Å²) < 4.78 is 32.4. The number of hydrogen-bond acceptors (Lipinski definition) is 6. The summed E-state index contributed by atoms with van der Waals surface area (Å²) in [5.41, 5.74) is 1.13. The second-order valence-electron chi connectivity index (χ2n) is 7.73. The first-order valence-electron chi connectivity index (χ1n) is 9.05. The Morgan fingerprint density at radius 2 is 1.93 bits per heavy atom. The monoisotopic (exact) mass is 423 g/mol. The maximum atomic E-state index is 12.9. The molecular formula is C19H25N3O4S2. The number of nitrogens with zero attached hydrogens (tertiary/aromatic N) is 2. The van der Waals surface area contributed by atoms with Crippen LogP contribution in [0.3, 0.4) is 0 Å². The lowest BCUT2D eigenvalue weighted by Gasteiger charge is -2.26. The quantitative estimate of drug-likeness (QED) is 0.817. The van der Waals surface area contributed by atoms with Gasteiger partial charge in [-0.2, -0.15) is 4.31 Å². The van der Waals surface area contributed by atoms with E-state index in [-0.39, 0.29) is 16.2 Å². The van der Waals surface area contributed by atoms with Gasteiger partial charge in [0.15, 0.2) is 0 Å². The number of amides is 1. The fraction of sp³-hybridized carbons (Fsp3) is 0.474. The Balaban J connectivity index is 1.83. The van der Waals surface area contributed by atoms with Gasteiger partial charge in [-0.25, -0.2) is 13.4 Å². The minimum Gasteiger partial charge on any atom is -0.379 e. The highest BCUT2D eigenvalue weighted by Gasteiger charge is 2.27. The molecule has 7 nitrogen and oxygen atoms in total. The van der Waals surface area contributed by atoms with Crippen molar-refractivity contribution in [3.05, 3.63) is 39.8 Å². The molecule has 28 heavy (non-hydrogen) atoms. The molecule has 0 spiro atoms. The van der Waals surface area contributed by atoms with E-state index in [4.69, 9.17) is 4.74 Å². The molecule has 1 aliphatic rings. The maximum absolute atomic E-state index is 12.9. The summed E-state index contributed by atoms with van der Waals surface area (Å²) in [4.78, 5) is 17.6. The smallest absolute Gasteiger partial charge is 0.267 e. The first-order chi connectivity index (χ1) is 13.1. The van der Waals surface area contributed by atoms with E-state index >= 15 is 0 Å². The second-order valence-corrected chi connectivity index (χ2v) is 10.7. The molecule has 1 aromatic heterocycles. The van der Waals surface area contributed by atoms with Crippen molar-refractivity contribution in [3.63, 3.8) is 0 Å². The Morgan fingerprint density at radius 3 is 2.54 bits per heavy atom. The van der Waals surface area contributed by atoms with E-state index in [0.717, 1.165) is 10.6 Å². The Bertz CT molecular complexity index is 971. The number of ether oxygens (including phenoxy) is 1. The SMILES string of the molecule is Cc1ccc(S(=O)(=O)N2CCOCC2)cc1NC(=O)c1cnc(C(C)(C)C)s1. The van der Waals surface area contributed by atoms with E-state index in [9.17, 15) is 13.2 Å². The summed E-state index contributed by atoms with van der Waals surface area (Å²) in [6.07, 6.45) is 1.56. The lowest BCUT2D eigenvalue weighted by atomic mass is 9.98. The molecule has 2 heterocycles. The molecule has 0 radical (unpaired) electrons. The molecule has 2 aromatic rings. The molecule has 1 N–H and O–H groups in total. The highest BCUT2D eigenvalue weighted by molar-refractivity contribution is 7.89. The topological polar surface area (TPSA) is 88.6 Å². The molecule has 0 aliphatic carbocycles. The number of aryl methyl sites for hydroxylation is 1. The molecule has 1 fully saturated rings. The number of rotatable bonds is 4. The summed E-state index contributed by atoms with van der Waals surface area (Å²) in [6.45, 7) is 9.37. The van der Waals surface area contributed by atoms with Crippen LogP contribution in [0.1, 0.15) is 41.0 Å². The van der Waals surface area contributed by atoms with Gasteiger partial charge in [-0.05, 0) is 24.6 Å². The molecule has 1 amide bonds. The zero-order valence-electron chi connectivity index (χ0n) is 16.5. The normalized spacial score (nSPS) is 16.1. The molecule has 1 aliphatic heterocycles. The number of nitrogens with one attached hydrogen (secondary N) is 1. The van der Waals surface area contributed by atoms with Gasteiger partial charge in [0, 0.05) is 24.2 Å². The van der Waals surface area contributed by atoms with Crippen molar-refractivity contribution in [3.8, 4) is 0 Å². The predicted octanol–water partition coefficient (Wildman–Crippen LogP) is 3.02. The standard InChI is InChI=1S/C19H25N3O4S2/c1-13-5-6-14(28(24,25)22-7-9-26-10-8-22)11-15(13)21-17(23)16-12-20-18(27-16)19(2,3)4/h5-6,11-12H,7-10H2,1-4H3,(H,21,23). The Hall–Kier alpha value is -1.81. The van der Waals surface area contributed by atoms with Gasteiger partial charge in [-0.15, -0.1) is 11.3 Å². The van der Waals surface area contributed by atoms with Crippen molar-refractivity contribution in [2.75, 3.05) is 31.6 Å². The number of sulfonamides is 1. The highest BCUT2D eigenvalue weighted by atomic mass is 32.2. The van der Waals surface area contributed by atoms with Crippen LogP contribution in [0.25, 0.3) is 0 Å². The third-order valence-corrected chi connectivity index (χ3v) is 7.75. The number of anilines is 1. The van der Waals surface area contributed by atoms with Crippen LogP contribution >= 0.6 is 11.3 Å². The number of hydrogen-bond donors (Lipinski definition) is 1. The Morgan fingerprint density at radius 1 is 1.25 bits per heavy atom. The van der Waals surface area contributed by atoms with Gasteiger partial charge in [-0.1, -0.05) is 26.8 Å². The summed E-state index contributed by atoms with van der Waals surface area (Å²) in [5.74, 6) is -0.294. The highest BCUT2D eigenvalue weighted by Crippen LogP contribution is 2.28. The van der Waals surface area contributed by atoms with Gasteiger partial charge in [0.25, 0.3) is 5.91 Å². The van der Waals surface area contributed by atoms with Crippen LogP contribution in [0.5, 0.6) is 0 Å². The number of aromatic nitrogens is 1. The average Bonchev–Trinajstić information content (AvgIpc) is 3.15. The third kappa shape index (κ3) is 4.43. The van der Waals surface area contributed by atoms with Crippen molar-refractivity contribution in [2.45, 2.75) is 38.0 Å². The van der Waals surface area contributed by atoms with Gasteiger partial charge < -0.3 is 10.1 Å². The Labute approximate surface area is 169 Å².